The van der Waals surface area contributed by atoms with Crippen molar-refractivity contribution in [3.63, 3.8) is 0 Å². The molecule has 5 rings (SSSR count). The van der Waals surface area contributed by atoms with Gasteiger partial charge >= 0.3 is 0 Å². The molecule has 3 heterocycles. The molecule has 2 saturated heterocycles. The van der Waals surface area contributed by atoms with Crippen LogP contribution in [0.5, 0.6) is 5.75 Å². The number of piperazine rings is 1. The van der Waals surface area contributed by atoms with Crippen LogP contribution in [0.2, 0.25) is 5.02 Å². The van der Waals surface area contributed by atoms with Crippen molar-refractivity contribution >= 4 is 23.3 Å². The van der Waals surface area contributed by atoms with Crippen molar-refractivity contribution in [3.05, 3.63) is 89.1 Å². The molecule has 0 saturated carbocycles. The lowest BCUT2D eigenvalue weighted by atomic mass is 9.76. The molecule has 3 atom stereocenters. The van der Waals surface area contributed by atoms with Crippen molar-refractivity contribution in [2.24, 2.45) is 11.8 Å². The van der Waals surface area contributed by atoms with Crippen molar-refractivity contribution in [2.45, 2.75) is 32.3 Å². The van der Waals surface area contributed by atoms with E-state index < -0.39 is 0 Å². The maximum Gasteiger partial charge on any atom is 0.260 e. The Hall–Kier alpha value is -3.09. The molecule has 38 heavy (non-hydrogen) atoms. The third-order valence-corrected chi connectivity index (χ3v) is 8.01. The minimum atomic E-state index is 0.0114. The second kappa shape index (κ2) is 12.2. The summed E-state index contributed by atoms with van der Waals surface area (Å²) in [6, 6.07) is 22.1. The first kappa shape index (κ1) is 26.5. The summed E-state index contributed by atoms with van der Waals surface area (Å²) in [4.78, 5) is 21.2. The summed E-state index contributed by atoms with van der Waals surface area (Å²) in [5.74, 6) is 2.88. The van der Waals surface area contributed by atoms with Crippen molar-refractivity contribution in [1.82, 2.24) is 9.88 Å². The maximum atomic E-state index is 12.8. The molecule has 0 spiro atoms. The first-order chi connectivity index (χ1) is 18.5. The number of hydrogen-bond donors (Lipinski definition) is 0. The number of amides is 1. The number of carbonyl (C=O) groups excluding carboxylic acids is 1. The lowest BCUT2D eigenvalue weighted by Crippen LogP contribution is -2.50. The van der Waals surface area contributed by atoms with E-state index in [1.165, 1.54) is 5.56 Å². The van der Waals surface area contributed by atoms with Crippen LogP contribution in [0.1, 0.15) is 43.4 Å². The SMILES string of the molecule is CC(C)[C@@H]1C[C@H](c2cccc(Cl)c2)CO[C@H]1c1ccc(OCC(=O)N2CCN(c3ccccn3)CC2)cc1. The average molecular weight is 534 g/mol. The highest BCUT2D eigenvalue weighted by Crippen LogP contribution is 2.43. The molecule has 0 bridgehead atoms. The molecule has 0 aliphatic carbocycles. The van der Waals surface area contributed by atoms with E-state index in [0.717, 1.165) is 35.9 Å². The Kier molecular flexibility index (Phi) is 8.50. The van der Waals surface area contributed by atoms with Crippen LogP contribution in [0.15, 0.2) is 72.9 Å². The first-order valence-electron chi connectivity index (χ1n) is 13.5. The van der Waals surface area contributed by atoms with E-state index in [2.05, 4.69) is 48.0 Å². The van der Waals surface area contributed by atoms with Gasteiger partial charge in [0.1, 0.15) is 11.6 Å². The lowest BCUT2D eigenvalue weighted by molar-refractivity contribution is -0.133. The van der Waals surface area contributed by atoms with Gasteiger partial charge in [0.05, 0.1) is 12.7 Å². The van der Waals surface area contributed by atoms with Crippen LogP contribution in [0.4, 0.5) is 5.82 Å². The molecule has 2 aliphatic rings. The van der Waals surface area contributed by atoms with Crippen LogP contribution in [-0.4, -0.2) is 55.2 Å². The Morgan fingerprint density at radius 3 is 2.50 bits per heavy atom. The second-order valence-electron chi connectivity index (χ2n) is 10.6. The highest BCUT2D eigenvalue weighted by Gasteiger charge is 2.35. The van der Waals surface area contributed by atoms with Crippen LogP contribution >= 0.6 is 11.6 Å². The van der Waals surface area contributed by atoms with Gasteiger partial charge < -0.3 is 19.3 Å². The topological polar surface area (TPSA) is 54.9 Å². The van der Waals surface area contributed by atoms with E-state index in [4.69, 9.17) is 21.1 Å². The molecule has 7 heteroatoms. The number of ether oxygens (including phenoxy) is 2. The molecule has 1 aromatic heterocycles. The summed E-state index contributed by atoms with van der Waals surface area (Å²) in [6.45, 7) is 8.13. The Labute approximate surface area is 230 Å². The lowest BCUT2D eigenvalue weighted by Gasteiger charge is -2.39. The maximum absolute atomic E-state index is 12.8. The van der Waals surface area contributed by atoms with Gasteiger partial charge in [-0.25, -0.2) is 4.98 Å². The van der Waals surface area contributed by atoms with Crippen LogP contribution < -0.4 is 9.64 Å². The van der Waals surface area contributed by atoms with Gasteiger partial charge in [-0.1, -0.05) is 55.8 Å². The van der Waals surface area contributed by atoms with Gasteiger partial charge in [0.15, 0.2) is 6.61 Å². The Morgan fingerprint density at radius 2 is 1.82 bits per heavy atom. The van der Waals surface area contributed by atoms with Crippen LogP contribution in [0.3, 0.4) is 0 Å². The van der Waals surface area contributed by atoms with Gasteiger partial charge in [-0.3, -0.25) is 4.79 Å². The van der Waals surface area contributed by atoms with Gasteiger partial charge in [0, 0.05) is 43.3 Å². The average Bonchev–Trinajstić information content (AvgIpc) is 2.96. The van der Waals surface area contributed by atoms with E-state index in [0.29, 0.717) is 43.2 Å². The quantitative estimate of drug-likeness (QED) is 0.374. The molecule has 0 unspecified atom stereocenters. The third-order valence-electron chi connectivity index (χ3n) is 7.78. The second-order valence-corrected chi connectivity index (χ2v) is 11.0. The Bertz CT molecular complexity index is 1200. The fraction of sp³-hybridized carbons (Fsp3) is 0.419. The Balaban J connectivity index is 1.13. The van der Waals surface area contributed by atoms with Crippen LogP contribution in [-0.2, 0) is 9.53 Å². The molecule has 6 nitrogen and oxygen atoms in total. The van der Waals surface area contributed by atoms with Crippen molar-refractivity contribution in [1.29, 1.82) is 0 Å². The summed E-state index contributed by atoms with van der Waals surface area (Å²) >= 11 is 6.24. The van der Waals surface area contributed by atoms with E-state index in [1.807, 2.05) is 47.4 Å². The third kappa shape index (κ3) is 6.30. The number of carbonyl (C=O) groups is 1. The van der Waals surface area contributed by atoms with Crippen LogP contribution in [0, 0.1) is 11.8 Å². The van der Waals surface area contributed by atoms with Gasteiger partial charge in [-0.15, -0.1) is 0 Å². The van der Waals surface area contributed by atoms with E-state index >= 15 is 0 Å². The zero-order valence-electron chi connectivity index (χ0n) is 22.1. The first-order valence-corrected chi connectivity index (χ1v) is 13.9. The molecule has 2 aliphatic heterocycles. The fourth-order valence-electron chi connectivity index (χ4n) is 5.54. The molecular formula is C31H36ClN3O3. The van der Waals surface area contributed by atoms with Gasteiger partial charge in [0.25, 0.3) is 5.91 Å². The van der Waals surface area contributed by atoms with Gasteiger partial charge in [-0.05, 0) is 65.8 Å². The molecule has 0 N–H and O–H groups in total. The summed E-state index contributed by atoms with van der Waals surface area (Å²) in [7, 11) is 0. The molecule has 2 fully saturated rings. The minimum Gasteiger partial charge on any atom is -0.484 e. The number of rotatable bonds is 7. The van der Waals surface area contributed by atoms with E-state index in [-0.39, 0.29) is 18.6 Å². The summed E-state index contributed by atoms with van der Waals surface area (Å²) in [6.07, 6.45) is 2.90. The molecule has 2 aromatic carbocycles. The van der Waals surface area contributed by atoms with Gasteiger partial charge in [0.2, 0.25) is 0 Å². The predicted octanol–water partition coefficient (Wildman–Crippen LogP) is 5.98. The number of nitrogens with zero attached hydrogens (tertiary/aromatic N) is 3. The van der Waals surface area contributed by atoms with E-state index in [1.54, 1.807) is 6.20 Å². The Morgan fingerprint density at radius 1 is 1.03 bits per heavy atom. The van der Waals surface area contributed by atoms with Crippen LogP contribution in [0.25, 0.3) is 0 Å². The van der Waals surface area contributed by atoms with Crippen molar-refractivity contribution < 1.29 is 14.3 Å². The minimum absolute atomic E-state index is 0.0114. The zero-order valence-corrected chi connectivity index (χ0v) is 22.9. The molecule has 3 aromatic rings. The largest absolute Gasteiger partial charge is 0.484 e. The molecule has 200 valence electrons. The monoisotopic (exact) mass is 533 g/mol. The van der Waals surface area contributed by atoms with Crippen molar-refractivity contribution in [3.8, 4) is 5.75 Å². The smallest absolute Gasteiger partial charge is 0.260 e. The fourth-order valence-corrected chi connectivity index (χ4v) is 5.74. The number of anilines is 1. The predicted molar refractivity (Wildman–Crippen MR) is 151 cm³/mol. The number of hydrogen-bond acceptors (Lipinski definition) is 5. The molecule has 1 amide bonds. The summed E-state index contributed by atoms with van der Waals surface area (Å²) in [5, 5.41) is 0.770. The summed E-state index contributed by atoms with van der Waals surface area (Å²) in [5.41, 5.74) is 2.39. The van der Waals surface area contributed by atoms with E-state index in [9.17, 15) is 4.79 Å². The standard InChI is InChI=1S/C31H36ClN3O3/c1-22(2)28-19-25(24-6-5-7-26(32)18-24)20-38-31(28)23-9-11-27(12-10-23)37-21-30(36)35-16-14-34(15-17-35)29-8-3-4-13-33-29/h3-13,18,22,25,28,31H,14-17,19-21H2,1-2H3/t25-,28-,31-/m0/s1. The normalized spacial score (nSPS) is 21.9. The van der Waals surface area contributed by atoms with Crippen molar-refractivity contribution in [2.75, 3.05) is 44.3 Å². The number of halogens is 1. The number of aromatic nitrogens is 1. The summed E-state index contributed by atoms with van der Waals surface area (Å²) < 4.78 is 12.3. The zero-order chi connectivity index (χ0) is 26.5. The number of pyridine rings is 1. The molecule has 0 radical (unpaired) electrons. The number of benzene rings is 2. The highest BCUT2D eigenvalue weighted by atomic mass is 35.5. The molecular weight excluding hydrogens is 498 g/mol. The van der Waals surface area contributed by atoms with Gasteiger partial charge in [-0.2, -0.15) is 0 Å². The highest BCUT2D eigenvalue weighted by molar-refractivity contribution is 6.30.